The lowest BCUT2D eigenvalue weighted by Crippen LogP contribution is -2.61. The smallest absolute Gasteiger partial charge is 0.309 e. The average molecular weight is 769 g/mol. The second kappa shape index (κ2) is 16.5. The van der Waals surface area contributed by atoms with E-state index in [1.807, 2.05) is 32.2 Å². The van der Waals surface area contributed by atoms with Gasteiger partial charge in [0.2, 0.25) is 0 Å². The number of ether oxygens (including phenoxy) is 1. The number of allylic oxidation sites excluding steroid dienone is 1. The fraction of sp³-hybridized carbons (Fsp3) is 0.723. The Bertz CT molecular complexity index is 1710. The molecule has 14 atom stereocenters. The van der Waals surface area contributed by atoms with Crippen molar-refractivity contribution in [3.8, 4) is 11.3 Å². The van der Waals surface area contributed by atoms with Crippen LogP contribution in [0.25, 0.3) is 11.3 Å². The molecule has 9 rings (SSSR count). The number of nitrogens with zero attached hydrogens (tertiary/aromatic N) is 2. The highest BCUT2D eigenvalue weighted by Crippen LogP contribution is 2.71. The summed E-state index contributed by atoms with van der Waals surface area (Å²) in [6, 6.07) is 4.37. The van der Waals surface area contributed by atoms with E-state index >= 15 is 0 Å². The monoisotopic (exact) mass is 769 g/mol. The minimum Gasteiger partial charge on any atom is -0.481 e. The van der Waals surface area contributed by atoms with E-state index in [2.05, 4.69) is 47.6 Å². The molecule has 3 N–H and O–H groups in total. The second-order valence-corrected chi connectivity index (χ2v) is 19.4. The first-order valence-electron chi connectivity index (χ1n) is 22.1. The van der Waals surface area contributed by atoms with Crippen LogP contribution < -0.4 is 5.32 Å². The zero-order valence-electron chi connectivity index (χ0n) is 34.7. The molecule has 2 aromatic heterocycles. The molecule has 0 bridgehead atoms. The van der Waals surface area contributed by atoms with Crippen molar-refractivity contribution >= 4 is 18.2 Å². The van der Waals surface area contributed by atoms with Gasteiger partial charge in [0.25, 0.3) is 0 Å². The molecule has 14 unspecified atom stereocenters. The fourth-order valence-corrected chi connectivity index (χ4v) is 14.0. The van der Waals surface area contributed by atoms with Gasteiger partial charge in [0.15, 0.2) is 0 Å². The molecule has 3 heterocycles. The van der Waals surface area contributed by atoms with E-state index in [1.165, 1.54) is 64.1 Å². The quantitative estimate of drug-likeness (QED) is 0.150. The van der Waals surface area contributed by atoms with E-state index < -0.39 is 11.9 Å². The number of esters is 1. The summed E-state index contributed by atoms with van der Waals surface area (Å²) in [6.45, 7) is 15.7. The third-order valence-electron chi connectivity index (χ3n) is 17.0. The zero-order valence-corrected chi connectivity index (χ0v) is 34.7. The van der Waals surface area contributed by atoms with Gasteiger partial charge in [-0.1, -0.05) is 40.2 Å². The summed E-state index contributed by atoms with van der Waals surface area (Å²) >= 11 is 0. The lowest BCUT2D eigenvalue weighted by Gasteiger charge is -2.67. The van der Waals surface area contributed by atoms with Crippen LogP contribution in [0.2, 0.25) is 0 Å². The Labute approximate surface area is 335 Å². The number of H-pyrrole nitrogens is 1. The molecule has 9 nitrogen and oxygen atoms in total. The van der Waals surface area contributed by atoms with Gasteiger partial charge in [-0.3, -0.25) is 14.6 Å². The molecule has 6 saturated carbocycles. The summed E-state index contributed by atoms with van der Waals surface area (Å²) in [4.78, 5) is 48.4. The molecule has 7 aliphatic rings. The van der Waals surface area contributed by atoms with Crippen LogP contribution in [0.15, 0.2) is 43.4 Å². The molecule has 6 aliphatic carbocycles. The number of hydrogen-bond acceptors (Lipinski definition) is 7. The molecule has 1 saturated heterocycles. The van der Waals surface area contributed by atoms with Crippen molar-refractivity contribution in [2.45, 2.75) is 137 Å². The highest BCUT2D eigenvalue weighted by atomic mass is 16.5. The zero-order chi connectivity index (χ0) is 39.8. The number of aromatic nitrogens is 3. The van der Waals surface area contributed by atoms with Gasteiger partial charge in [-0.05, 0) is 161 Å². The number of fused-ring (bicyclic) bond motifs is 7. The minimum atomic E-state index is -0.791. The Hall–Kier alpha value is -3.33. The summed E-state index contributed by atoms with van der Waals surface area (Å²) in [7, 11) is 0. The highest BCUT2D eigenvalue weighted by molar-refractivity contribution is 5.80. The van der Waals surface area contributed by atoms with Crippen molar-refractivity contribution in [2.24, 2.45) is 69.5 Å². The van der Waals surface area contributed by atoms with Crippen molar-refractivity contribution in [2.75, 3.05) is 6.54 Å². The van der Waals surface area contributed by atoms with Crippen molar-refractivity contribution in [1.29, 1.82) is 0 Å². The van der Waals surface area contributed by atoms with Crippen molar-refractivity contribution in [3.05, 3.63) is 49.2 Å². The molecular formula is C47H68N4O5. The van der Waals surface area contributed by atoms with Gasteiger partial charge in [0.1, 0.15) is 18.2 Å². The number of carboxylic acid groups (broad SMARTS) is 1. The van der Waals surface area contributed by atoms with Crippen molar-refractivity contribution in [3.63, 3.8) is 0 Å². The number of aromatic amines is 1. The van der Waals surface area contributed by atoms with Crippen LogP contribution in [0.1, 0.15) is 136 Å². The van der Waals surface area contributed by atoms with Crippen molar-refractivity contribution < 1.29 is 24.2 Å². The van der Waals surface area contributed by atoms with Crippen LogP contribution in [-0.2, 0) is 19.1 Å². The summed E-state index contributed by atoms with van der Waals surface area (Å²) in [5, 5.41) is 12.7. The standard InChI is InChI=1S/C32H48O5.C12H14N4.C3H6/c1-18-21(28(34)35)16-22(18)29(36)37-26-11-14-30(3)23(19(26)2)9-13-31(4)24-10-15-32(17-33)12-5-6-25(32)20(24)7-8-27(30)31;1-2-10(14-5-1)12-15-8-11(16-12)9-3-6-13-7-4-9;1-3-2/h17-27H,5-16H2,1-4H3,(H,34,35);3-4,6-8,10,14H,1-2,5H2,(H,15,16);3H,1H2,2H3. The number of aliphatic carboxylic acids is 1. The highest BCUT2D eigenvalue weighted by Gasteiger charge is 2.65. The number of carboxylic acids is 1. The Morgan fingerprint density at radius 2 is 1.61 bits per heavy atom. The molecule has 56 heavy (non-hydrogen) atoms. The van der Waals surface area contributed by atoms with Gasteiger partial charge >= 0.3 is 11.9 Å². The van der Waals surface area contributed by atoms with Gasteiger partial charge in [0, 0.05) is 23.4 Å². The van der Waals surface area contributed by atoms with Crippen LogP contribution in [0.4, 0.5) is 0 Å². The van der Waals surface area contributed by atoms with Crippen LogP contribution in [0.3, 0.4) is 0 Å². The number of hydrogen-bond donors (Lipinski definition) is 3. The number of carbonyl (C=O) groups excluding carboxylic acids is 2. The molecule has 0 aromatic carbocycles. The van der Waals surface area contributed by atoms with Gasteiger partial charge in [-0.15, -0.1) is 6.58 Å². The Kier molecular flexibility index (Phi) is 12.0. The molecule has 1 aliphatic heterocycles. The molecule has 2 aromatic rings. The number of rotatable bonds is 6. The normalized spacial score (nSPS) is 42.0. The first-order chi connectivity index (χ1) is 26.9. The van der Waals surface area contributed by atoms with E-state index in [4.69, 9.17) is 4.74 Å². The van der Waals surface area contributed by atoms with E-state index in [-0.39, 0.29) is 34.7 Å². The SMILES string of the molecule is C=CC.CC1C(C(=O)O)CC1C(=O)OC1CCC2(C)C(CCC3(C)C4CCC5(C=O)CCCC5C4CCC23)C1C.c1cc(-c2cnc(C3CCCN3)[nH]2)ccn1. The van der Waals surface area contributed by atoms with Crippen LogP contribution >= 0.6 is 0 Å². The third kappa shape index (κ3) is 7.21. The largest absolute Gasteiger partial charge is 0.481 e. The number of aldehydes is 1. The summed E-state index contributed by atoms with van der Waals surface area (Å²) in [6.07, 6.45) is 24.5. The fourth-order valence-electron chi connectivity index (χ4n) is 14.0. The molecule has 0 amide bonds. The molecule has 0 spiro atoms. The maximum atomic E-state index is 13.0. The first kappa shape index (κ1) is 40.9. The Morgan fingerprint density at radius 3 is 2.29 bits per heavy atom. The van der Waals surface area contributed by atoms with E-state index in [0.717, 1.165) is 61.1 Å². The topological polar surface area (TPSA) is 134 Å². The van der Waals surface area contributed by atoms with E-state index in [9.17, 15) is 19.5 Å². The first-order valence-corrected chi connectivity index (χ1v) is 22.1. The average Bonchev–Trinajstić information content (AvgIpc) is 3.98. The van der Waals surface area contributed by atoms with Gasteiger partial charge < -0.3 is 24.9 Å². The van der Waals surface area contributed by atoms with Crippen LogP contribution in [0, 0.1) is 69.5 Å². The number of imidazole rings is 1. The maximum Gasteiger partial charge on any atom is 0.309 e. The molecule has 0 radical (unpaired) electrons. The predicted octanol–water partition coefficient (Wildman–Crippen LogP) is 9.62. The Balaban J connectivity index is 0.000000209. The second-order valence-electron chi connectivity index (χ2n) is 19.4. The summed E-state index contributed by atoms with van der Waals surface area (Å²) in [5.74, 6) is 3.04. The number of carbonyl (C=O) groups is 3. The summed E-state index contributed by atoms with van der Waals surface area (Å²) < 4.78 is 6.15. The van der Waals surface area contributed by atoms with E-state index in [1.54, 1.807) is 18.5 Å². The molecule has 9 heteroatoms. The van der Waals surface area contributed by atoms with Gasteiger partial charge in [-0.2, -0.15) is 0 Å². The van der Waals surface area contributed by atoms with Crippen LogP contribution in [0.5, 0.6) is 0 Å². The molecule has 7 fully saturated rings. The van der Waals surface area contributed by atoms with Crippen LogP contribution in [-0.4, -0.2) is 50.9 Å². The van der Waals surface area contributed by atoms with E-state index in [0.29, 0.717) is 41.5 Å². The van der Waals surface area contributed by atoms with Gasteiger partial charge in [0.05, 0.1) is 29.8 Å². The maximum absolute atomic E-state index is 13.0. The number of nitrogens with one attached hydrogen (secondary N) is 2. The Morgan fingerprint density at radius 1 is 0.893 bits per heavy atom. The number of pyridine rings is 1. The molecular weight excluding hydrogens is 701 g/mol. The van der Waals surface area contributed by atoms with Gasteiger partial charge in [-0.25, -0.2) is 4.98 Å². The molecule has 306 valence electrons. The minimum absolute atomic E-state index is 0.00959. The van der Waals surface area contributed by atoms with Crippen molar-refractivity contribution in [1.82, 2.24) is 20.3 Å². The third-order valence-corrected chi connectivity index (χ3v) is 17.0. The lowest BCUT2D eigenvalue weighted by molar-refractivity contribution is -0.204. The lowest BCUT2D eigenvalue weighted by atomic mass is 9.37. The summed E-state index contributed by atoms with van der Waals surface area (Å²) in [5.41, 5.74) is 2.83. The predicted molar refractivity (Wildman–Crippen MR) is 218 cm³/mol.